The minimum Gasteiger partial charge on any atom is -0.794 e. The molecule has 0 heterocycles. The minimum absolute atomic E-state index is 0. The standard InChI is InChI=1S/C8H20NO8.Na.H3O4Si.H/c10-1-5-14-9(15-6-2-11,16-7-3-12)17-8-4-13;;1-5(2,3)4;/h10-13H,1-8H2;;1-3H;/q+1;;-1;. The average molecular weight is 377 g/mol. The molecule has 0 aromatic carbocycles. The molecule has 0 amide bonds. The Labute approximate surface area is 155 Å². The van der Waals surface area contributed by atoms with Crippen molar-refractivity contribution in [2.45, 2.75) is 0 Å². The maximum absolute atomic E-state index is 8.91. The second-order valence-electron chi connectivity index (χ2n) is 3.25. The molecule has 0 aliphatic rings. The number of hydrogen-bond donors (Lipinski definition) is 7. The van der Waals surface area contributed by atoms with Crippen molar-refractivity contribution in [3.8, 4) is 0 Å². The number of aliphatic hydroxyl groups excluding tert-OH is 4. The van der Waals surface area contributed by atoms with Gasteiger partial charge >= 0.3 is 38.6 Å². The van der Waals surface area contributed by atoms with Crippen LogP contribution in [-0.4, -0.2) is 131 Å². The van der Waals surface area contributed by atoms with Crippen LogP contribution in [0.25, 0.3) is 0 Å². The van der Waals surface area contributed by atoms with Crippen molar-refractivity contribution in [3.63, 3.8) is 0 Å². The molecule has 15 heteroatoms. The van der Waals surface area contributed by atoms with Crippen LogP contribution in [-0.2, 0) is 19.4 Å². The number of rotatable bonds is 12. The third-order valence-corrected chi connectivity index (χ3v) is 1.36. The van der Waals surface area contributed by atoms with Crippen molar-refractivity contribution in [1.29, 1.82) is 0 Å². The van der Waals surface area contributed by atoms with Gasteiger partial charge in [0.25, 0.3) is 0 Å². The van der Waals surface area contributed by atoms with Crippen molar-refractivity contribution in [2.24, 2.45) is 0 Å². The third kappa shape index (κ3) is 22.7. The van der Waals surface area contributed by atoms with Gasteiger partial charge in [0.05, 0.1) is 26.4 Å². The fourth-order valence-electron chi connectivity index (χ4n) is 0.834. The van der Waals surface area contributed by atoms with E-state index in [-0.39, 0.29) is 82.4 Å². The zero-order valence-corrected chi connectivity index (χ0v) is 12.8. The van der Waals surface area contributed by atoms with E-state index in [9.17, 15) is 0 Å². The molecule has 0 aromatic heterocycles. The van der Waals surface area contributed by atoms with Crippen LogP contribution in [0.1, 0.15) is 0 Å². The topological polar surface area (TPSA) is 202 Å². The van der Waals surface area contributed by atoms with E-state index < -0.39 is 14.2 Å². The first-order chi connectivity index (χ1) is 10.2. The molecular weight excluding hydrogens is 353 g/mol. The van der Waals surface area contributed by atoms with Gasteiger partial charge in [0.2, 0.25) is 5.14 Å². The van der Waals surface area contributed by atoms with Crippen molar-refractivity contribution in [3.05, 3.63) is 0 Å². The van der Waals surface area contributed by atoms with E-state index in [0.717, 1.165) is 0 Å². The second kappa shape index (κ2) is 17.5. The summed E-state index contributed by atoms with van der Waals surface area (Å²) in [6.07, 6.45) is 0. The van der Waals surface area contributed by atoms with E-state index in [2.05, 4.69) is 0 Å². The molecular formula is C8H24NNaO12Si. The van der Waals surface area contributed by atoms with Crippen LogP contribution in [0, 0.1) is 0 Å². The zero-order valence-electron chi connectivity index (χ0n) is 11.8. The predicted octanol–water partition coefficient (Wildman–Crippen LogP) is -6.39. The van der Waals surface area contributed by atoms with Crippen LogP contribution in [0.15, 0.2) is 0 Å². The van der Waals surface area contributed by atoms with Gasteiger partial charge < -0.3 is 39.6 Å². The molecule has 23 heavy (non-hydrogen) atoms. The van der Waals surface area contributed by atoms with Gasteiger partial charge in [-0.15, -0.1) is 0 Å². The van der Waals surface area contributed by atoms with Gasteiger partial charge in [-0.1, -0.05) is 19.4 Å². The number of aliphatic hydroxyl groups is 4. The quantitative estimate of drug-likeness (QED) is 0.0964. The van der Waals surface area contributed by atoms with Gasteiger partial charge in [-0.3, -0.25) is 0 Å². The molecule has 0 spiro atoms. The van der Waals surface area contributed by atoms with Crippen LogP contribution < -0.4 is 4.80 Å². The third-order valence-electron chi connectivity index (χ3n) is 1.36. The van der Waals surface area contributed by atoms with Gasteiger partial charge in [-0.05, 0) is 0 Å². The summed E-state index contributed by atoms with van der Waals surface area (Å²) >= 11 is 0. The summed E-state index contributed by atoms with van der Waals surface area (Å²) < 4.78 is 0. The molecule has 0 saturated heterocycles. The maximum Gasteiger partial charge on any atom is 0.404 e. The van der Waals surface area contributed by atoms with Crippen molar-refractivity contribution < 1.29 is 64.1 Å². The monoisotopic (exact) mass is 377 g/mol. The predicted molar refractivity (Wildman–Crippen MR) is 72.0 cm³/mol. The summed E-state index contributed by atoms with van der Waals surface area (Å²) in [7, 11) is -4.86. The number of quaternary nitrogens is 1. The Bertz CT molecular complexity index is 202. The molecule has 0 bridgehead atoms. The van der Waals surface area contributed by atoms with E-state index in [1.807, 2.05) is 0 Å². The molecule has 13 nitrogen and oxygen atoms in total. The van der Waals surface area contributed by atoms with E-state index in [1.165, 1.54) is 0 Å². The van der Waals surface area contributed by atoms with E-state index in [0.29, 0.717) is 0 Å². The Morgan fingerprint density at radius 2 is 0.826 bits per heavy atom. The largest absolute Gasteiger partial charge is 0.794 e. The van der Waals surface area contributed by atoms with Crippen LogP contribution >= 0.6 is 0 Å². The molecule has 0 aliphatic heterocycles. The number of hydrogen-bond acceptors (Lipinski definition) is 12. The van der Waals surface area contributed by atoms with Gasteiger partial charge in [0.15, 0.2) is 0 Å². The van der Waals surface area contributed by atoms with Crippen LogP contribution in [0.3, 0.4) is 0 Å². The van der Waals surface area contributed by atoms with Gasteiger partial charge in [-0.2, -0.15) is 0 Å². The van der Waals surface area contributed by atoms with Crippen LogP contribution in [0.4, 0.5) is 0 Å². The SMILES string of the molecule is OCCO[N+](OCCO)(OCCO)OCCO.[NaH].[O-][Si](O)(O)O. The summed E-state index contributed by atoms with van der Waals surface area (Å²) in [5.41, 5.74) is 0. The molecule has 0 atom stereocenters. The summed E-state index contributed by atoms with van der Waals surface area (Å²) in [5.74, 6) is 0. The molecule has 0 aliphatic carbocycles. The van der Waals surface area contributed by atoms with E-state index in [1.54, 1.807) is 0 Å². The Kier molecular flexibility index (Phi) is 21.7. The Morgan fingerprint density at radius 1 is 0.652 bits per heavy atom. The van der Waals surface area contributed by atoms with Gasteiger partial charge in [0.1, 0.15) is 26.4 Å². The van der Waals surface area contributed by atoms with Gasteiger partial charge in [0, 0.05) is 0 Å². The van der Waals surface area contributed by atoms with E-state index >= 15 is 0 Å². The summed E-state index contributed by atoms with van der Waals surface area (Å²) in [6.45, 7) is -1.79. The first-order valence-electron chi connectivity index (χ1n) is 6.02. The zero-order chi connectivity index (χ0) is 17.5. The van der Waals surface area contributed by atoms with Gasteiger partial charge in [-0.25, -0.2) is 0 Å². The normalized spacial score (nSPS) is 11.5. The molecule has 7 N–H and O–H groups in total. The summed E-state index contributed by atoms with van der Waals surface area (Å²) in [5, 5.41) is 33.4. The minimum atomic E-state index is -4.86. The Morgan fingerprint density at radius 3 is 0.957 bits per heavy atom. The van der Waals surface area contributed by atoms with Crippen molar-refractivity contribution in [1.82, 2.24) is 0 Å². The molecule has 0 saturated carbocycles. The van der Waals surface area contributed by atoms with Crippen molar-refractivity contribution >= 4 is 38.6 Å². The Balaban J connectivity index is -0.000000578. The van der Waals surface area contributed by atoms with Crippen LogP contribution in [0.2, 0.25) is 0 Å². The summed E-state index contributed by atoms with van der Waals surface area (Å²) in [4.78, 5) is 50.4. The molecule has 0 aromatic rings. The van der Waals surface area contributed by atoms with Crippen LogP contribution in [0.5, 0.6) is 0 Å². The first kappa shape index (κ1) is 28.5. The second-order valence-corrected chi connectivity index (χ2v) is 4.40. The molecule has 0 fully saturated rings. The van der Waals surface area contributed by atoms with Crippen molar-refractivity contribution in [2.75, 3.05) is 52.9 Å². The molecule has 0 rings (SSSR count). The smallest absolute Gasteiger partial charge is 0.404 e. The summed E-state index contributed by atoms with van der Waals surface area (Å²) in [6, 6.07) is 0. The molecule has 0 radical (unpaired) electrons. The first-order valence-corrected chi connectivity index (χ1v) is 7.77. The molecule has 0 unspecified atom stereocenters. The Hall–Kier alpha value is 0.697. The maximum atomic E-state index is 8.91. The fraction of sp³-hybridized carbons (Fsp3) is 1.00. The fourth-order valence-corrected chi connectivity index (χ4v) is 0.834. The van der Waals surface area contributed by atoms with E-state index in [4.69, 9.17) is 59.0 Å². The molecule has 138 valence electrons. The average Bonchev–Trinajstić information content (AvgIpc) is 2.44. The number of nitrogens with zero attached hydrogens (tertiary/aromatic N) is 1.